The van der Waals surface area contributed by atoms with E-state index in [1.165, 1.54) is 49.7 Å². The van der Waals surface area contributed by atoms with Gasteiger partial charge in [-0.2, -0.15) is 0 Å². The third kappa shape index (κ3) is 11.2. The van der Waals surface area contributed by atoms with Crippen LogP contribution in [0.5, 0.6) is 0 Å². The van der Waals surface area contributed by atoms with Gasteiger partial charge in [0.2, 0.25) is 5.91 Å². The first-order chi connectivity index (χ1) is 11.7. The molecule has 0 heterocycles. The first kappa shape index (κ1) is 20.7. The van der Waals surface area contributed by atoms with Gasteiger partial charge in [-0.3, -0.25) is 4.79 Å². The Hall–Kier alpha value is -1.35. The Balaban J connectivity index is 1.88. The lowest BCUT2D eigenvalue weighted by Gasteiger charge is -2.06. The Morgan fingerprint density at radius 1 is 0.875 bits per heavy atom. The first-order valence-corrected chi connectivity index (χ1v) is 9.74. The van der Waals surface area contributed by atoms with E-state index in [9.17, 15) is 4.79 Å². The van der Waals surface area contributed by atoms with Crippen molar-refractivity contribution in [1.29, 1.82) is 0 Å². The number of nitrogens with one attached hydrogen (secondary N) is 1. The van der Waals surface area contributed by atoms with Crippen LogP contribution in [-0.2, 0) is 11.2 Å². The van der Waals surface area contributed by atoms with Crippen molar-refractivity contribution < 1.29 is 4.79 Å². The largest absolute Gasteiger partial charge is 0.356 e. The lowest BCUT2D eigenvalue weighted by Crippen LogP contribution is -2.24. The quantitative estimate of drug-likeness (QED) is 0.492. The van der Waals surface area contributed by atoms with Crippen molar-refractivity contribution in [2.75, 3.05) is 13.1 Å². The molecule has 0 aliphatic carbocycles. The number of carbonyl (C=O) groups excluding carboxylic acids is 1. The van der Waals surface area contributed by atoms with Crippen LogP contribution in [0.4, 0.5) is 0 Å². The Bertz CT molecular complexity index is 428. The summed E-state index contributed by atoms with van der Waals surface area (Å²) < 4.78 is 0. The minimum absolute atomic E-state index is 0.198. The van der Waals surface area contributed by atoms with E-state index in [2.05, 4.69) is 36.5 Å². The van der Waals surface area contributed by atoms with Crippen LogP contribution in [0.2, 0.25) is 0 Å². The summed E-state index contributed by atoms with van der Waals surface area (Å²) in [6.07, 6.45) is 12.5. The van der Waals surface area contributed by atoms with Gasteiger partial charge >= 0.3 is 0 Å². The fourth-order valence-electron chi connectivity index (χ4n) is 2.85. The summed E-state index contributed by atoms with van der Waals surface area (Å²) in [5, 5.41) is 3.04. The minimum Gasteiger partial charge on any atom is -0.356 e. The van der Waals surface area contributed by atoms with Gasteiger partial charge in [-0.25, -0.2) is 0 Å². The van der Waals surface area contributed by atoms with E-state index in [1.807, 2.05) is 0 Å². The monoisotopic (exact) mass is 332 g/mol. The minimum atomic E-state index is 0.198. The molecular formula is C21H36N2O. The van der Waals surface area contributed by atoms with E-state index >= 15 is 0 Å². The molecular weight excluding hydrogens is 296 g/mol. The molecule has 0 aliphatic heterocycles. The van der Waals surface area contributed by atoms with Gasteiger partial charge in [0.15, 0.2) is 0 Å². The van der Waals surface area contributed by atoms with E-state index in [1.54, 1.807) is 0 Å². The molecule has 3 N–H and O–H groups in total. The Labute approximate surface area is 148 Å². The number of hydrogen-bond acceptors (Lipinski definition) is 2. The fourth-order valence-corrected chi connectivity index (χ4v) is 2.85. The Kier molecular flexibility index (Phi) is 12.1. The highest BCUT2D eigenvalue weighted by Gasteiger charge is 2.01. The van der Waals surface area contributed by atoms with Crippen LogP contribution < -0.4 is 11.1 Å². The number of aryl methyl sites for hydroxylation is 2. The highest BCUT2D eigenvalue weighted by atomic mass is 16.1. The van der Waals surface area contributed by atoms with E-state index < -0.39 is 0 Å². The molecule has 0 unspecified atom stereocenters. The van der Waals surface area contributed by atoms with Gasteiger partial charge in [-0.1, -0.05) is 68.4 Å². The van der Waals surface area contributed by atoms with E-state index in [0.717, 1.165) is 38.8 Å². The molecule has 1 rings (SSSR count). The van der Waals surface area contributed by atoms with Gasteiger partial charge in [0.1, 0.15) is 0 Å². The first-order valence-electron chi connectivity index (χ1n) is 9.74. The van der Waals surface area contributed by atoms with Crippen LogP contribution in [0, 0.1) is 6.92 Å². The number of unbranched alkanes of at least 4 members (excludes halogenated alkanes) is 7. The molecule has 0 aliphatic rings. The van der Waals surface area contributed by atoms with Gasteiger partial charge in [-0.05, 0) is 44.7 Å². The van der Waals surface area contributed by atoms with Crippen molar-refractivity contribution in [3.8, 4) is 0 Å². The summed E-state index contributed by atoms with van der Waals surface area (Å²) >= 11 is 0. The molecule has 3 heteroatoms. The topological polar surface area (TPSA) is 55.1 Å². The van der Waals surface area contributed by atoms with E-state index in [0.29, 0.717) is 6.42 Å². The summed E-state index contributed by atoms with van der Waals surface area (Å²) in [4.78, 5) is 11.8. The van der Waals surface area contributed by atoms with Crippen molar-refractivity contribution in [1.82, 2.24) is 5.32 Å². The zero-order valence-electron chi connectivity index (χ0n) is 15.5. The van der Waals surface area contributed by atoms with Crippen LogP contribution in [0.15, 0.2) is 24.3 Å². The summed E-state index contributed by atoms with van der Waals surface area (Å²) in [7, 11) is 0. The normalized spacial score (nSPS) is 10.8. The molecule has 1 aromatic rings. The predicted octanol–water partition coefficient (Wildman–Crippen LogP) is 4.51. The van der Waals surface area contributed by atoms with Crippen molar-refractivity contribution >= 4 is 5.91 Å². The van der Waals surface area contributed by atoms with Crippen LogP contribution in [0.3, 0.4) is 0 Å². The maximum atomic E-state index is 11.8. The third-order valence-electron chi connectivity index (χ3n) is 4.44. The number of carbonyl (C=O) groups is 1. The van der Waals surface area contributed by atoms with Crippen LogP contribution >= 0.6 is 0 Å². The zero-order chi connectivity index (χ0) is 17.5. The van der Waals surface area contributed by atoms with Crippen molar-refractivity contribution in [3.05, 3.63) is 35.4 Å². The maximum Gasteiger partial charge on any atom is 0.220 e. The molecule has 1 aromatic carbocycles. The van der Waals surface area contributed by atoms with Gasteiger partial charge in [0, 0.05) is 13.0 Å². The predicted molar refractivity (Wildman–Crippen MR) is 103 cm³/mol. The van der Waals surface area contributed by atoms with Crippen molar-refractivity contribution in [2.24, 2.45) is 5.73 Å². The molecule has 0 spiro atoms. The molecule has 0 fully saturated rings. The molecule has 24 heavy (non-hydrogen) atoms. The standard InChI is InChI=1S/C21H36N2O/c1-19-13-15-20(16-14-19)11-10-12-21(24)23-18-9-7-5-3-2-4-6-8-17-22/h13-16H,2-12,17-18,22H2,1H3,(H,23,24). The molecule has 0 radical (unpaired) electrons. The van der Waals surface area contributed by atoms with Crippen LogP contribution in [-0.4, -0.2) is 19.0 Å². The average Bonchev–Trinajstić information content (AvgIpc) is 2.58. The molecule has 136 valence electrons. The number of rotatable bonds is 14. The van der Waals surface area contributed by atoms with E-state index in [4.69, 9.17) is 5.73 Å². The molecule has 3 nitrogen and oxygen atoms in total. The smallest absolute Gasteiger partial charge is 0.220 e. The second kappa shape index (κ2) is 14.0. The average molecular weight is 333 g/mol. The third-order valence-corrected chi connectivity index (χ3v) is 4.44. The van der Waals surface area contributed by atoms with E-state index in [-0.39, 0.29) is 5.91 Å². The zero-order valence-corrected chi connectivity index (χ0v) is 15.5. The van der Waals surface area contributed by atoms with Gasteiger partial charge in [0.25, 0.3) is 0 Å². The van der Waals surface area contributed by atoms with Crippen molar-refractivity contribution in [3.63, 3.8) is 0 Å². The van der Waals surface area contributed by atoms with Gasteiger partial charge in [-0.15, -0.1) is 0 Å². The summed E-state index contributed by atoms with van der Waals surface area (Å²) in [6.45, 7) is 3.75. The maximum absolute atomic E-state index is 11.8. The highest BCUT2D eigenvalue weighted by Crippen LogP contribution is 2.09. The molecule has 0 atom stereocenters. The highest BCUT2D eigenvalue weighted by molar-refractivity contribution is 5.75. The second-order valence-electron chi connectivity index (χ2n) is 6.81. The van der Waals surface area contributed by atoms with Gasteiger partial charge in [0.05, 0.1) is 0 Å². The lowest BCUT2D eigenvalue weighted by molar-refractivity contribution is -0.121. The Morgan fingerprint density at radius 2 is 1.46 bits per heavy atom. The number of nitrogens with two attached hydrogens (primary N) is 1. The SMILES string of the molecule is Cc1ccc(CCCC(=O)NCCCCCCCCCCN)cc1. The summed E-state index contributed by atoms with van der Waals surface area (Å²) in [6, 6.07) is 8.58. The Morgan fingerprint density at radius 3 is 2.08 bits per heavy atom. The molecule has 0 aromatic heterocycles. The summed E-state index contributed by atoms with van der Waals surface area (Å²) in [5.74, 6) is 0.198. The fraction of sp³-hybridized carbons (Fsp3) is 0.667. The molecule has 0 bridgehead atoms. The lowest BCUT2D eigenvalue weighted by atomic mass is 10.1. The number of benzene rings is 1. The molecule has 0 saturated heterocycles. The van der Waals surface area contributed by atoms with Crippen LogP contribution in [0.25, 0.3) is 0 Å². The molecule has 0 saturated carbocycles. The van der Waals surface area contributed by atoms with Crippen LogP contribution in [0.1, 0.15) is 75.3 Å². The second-order valence-corrected chi connectivity index (χ2v) is 6.81. The van der Waals surface area contributed by atoms with Gasteiger partial charge < -0.3 is 11.1 Å². The summed E-state index contributed by atoms with van der Waals surface area (Å²) in [5.41, 5.74) is 8.08. The number of hydrogen-bond donors (Lipinski definition) is 2. The molecule has 1 amide bonds. The number of amides is 1. The van der Waals surface area contributed by atoms with Crippen molar-refractivity contribution in [2.45, 2.75) is 77.6 Å².